The van der Waals surface area contributed by atoms with Crippen LogP contribution in [0.25, 0.3) is 16.9 Å². The summed E-state index contributed by atoms with van der Waals surface area (Å²) in [5.41, 5.74) is 2.29. The third-order valence-corrected chi connectivity index (χ3v) is 8.06. The molecule has 2 aliphatic heterocycles. The molecule has 0 aliphatic carbocycles. The van der Waals surface area contributed by atoms with Gasteiger partial charge in [0.25, 0.3) is 12.3 Å². The van der Waals surface area contributed by atoms with E-state index in [9.17, 15) is 32.7 Å². The number of hydrogen-bond donors (Lipinski definition) is 2. The molecule has 1 fully saturated rings. The SMILES string of the molecule is CC(C)(C)OC(=O)N(Cc1nc(Nc2ccc(-c3cnc4cc(F)ccn34)c3c2C(=O)N(C(=O)O)C3)ccc1[C@@H]1CCOC1)CC(F)F. The summed E-state index contributed by atoms with van der Waals surface area (Å²) in [6, 6.07) is 9.25. The van der Waals surface area contributed by atoms with Gasteiger partial charge in [0.05, 0.1) is 55.1 Å². The van der Waals surface area contributed by atoms with E-state index in [4.69, 9.17) is 14.5 Å². The van der Waals surface area contributed by atoms with Gasteiger partial charge < -0.3 is 19.9 Å². The summed E-state index contributed by atoms with van der Waals surface area (Å²) < 4.78 is 53.7. The van der Waals surface area contributed by atoms with E-state index in [0.717, 1.165) is 10.5 Å². The van der Waals surface area contributed by atoms with E-state index in [0.29, 0.717) is 52.7 Å². The van der Waals surface area contributed by atoms with Gasteiger partial charge in [0.15, 0.2) is 0 Å². The van der Waals surface area contributed by atoms with E-state index in [1.807, 2.05) is 0 Å². The number of hydrogen-bond acceptors (Lipinski definition) is 8. The van der Waals surface area contributed by atoms with Crippen molar-refractivity contribution in [1.82, 2.24) is 24.2 Å². The summed E-state index contributed by atoms with van der Waals surface area (Å²) in [4.78, 5) is 49.1. The van der Waals surface area contributed by atoms with Gasteiger partial charge in [-0.15, -0.1) is 0 Å². The number of imidazole rings is 1. The van der Waals surface area contributed by atoms with Gasteiger partial charge in [-0.25, -0.2) is 37.6 Å². The van der Waals surface area contributed by atoms with Crippen LogP contribution in [-0.2, 0) is 22.6 Å². The van der Waals surface area contributed by atoms with Crippen molar-refractivity contribution in [1.29, 1.82) is 0 Å². The van der Waals surface area contributed by atoms with Crippen molar-refractivity contribution in [3.8, 4) is 11.3 Å². The first-order chi connectivity index (χ1) is 22.8. The first kappa shape index (κ1) is 32.7. The smallest absolute Gasteiger partial charge is 0.414 e. The normalized spacial score (nSPS) is 16.1. The van der Waals surface area contributed by atoms with Gasteiger partial charge in [-0.3, -0.25) is 14.1 Å². The number of rotatable bonds is 8. The number of carboxylic acid groups (broad SMARTS) is 1. The minimum absolute atomic E-state index is 0.0817. The molecule has 48 heavy (non-hydrogen) atoms. The Morgan fingerprint density at radius 3 is 2.69 bits per heavy atom. The minimum Gasteiger partial charge on any atom is -0.465 e. The second-order valence-corrected chi connectivity index (χ2v) is 12.6. The highest BCUT2D eigenvalue weighted by Gasteiger charge is 2.37. The Labute approximate surface area is 273 Å². The third kappa shape index (κ3) is 6.63. The van der Waals surface area contributed by atoms with Crippen molar-refractivity contribution in [2.75, 3.05) is 25.1 Å². The molecule has 1 aromatic carbocycles. The van der Waals surface area contributed by atoms with Crippen LogP contribution in [0, 0.1) is 5.82 Å². The second kappa shape index (κ2) is 12.8. The van der Waals surface area contributed by atoms with E-state index in [2.05, 4.69) is 10.3 Å². The zero-order chi connectivity index (χ0) is 34.3. The molecule has 0 radical (unpaired) electrons. The van der Waals surface area contributed by atoms with Crippen LogP contribution in [0.4, 0.5) is 34.3 Å². The molecule has 0 saturated carbocycles. The fourth-order valence-corrected chi connectivity index (χ4v) is 5.95. The molecule has 0 spiro atoms. The number of imide groups is 1. The fourth-order valence-electron chi connectivity index (χ4n) is 5.95. The zero-order valence-corrected chi connectivity index (χ0v) is 26.4. The van der Waals surface area contributed by atoms with E-state index in [1.54, 1.807) is 49.4 Å². The highest BCUT2D eigenvalue weighted by molar-refractivity contribution is 6.11. The quantitative estimate of drug-likeness (QED) is 0.218. The second-order valence-electron chi connectivity index (χ2n) is 12.6. The number of nitrogens with one attached hydrogen (secondary N) is 1. The van der Waals surface area contributed by atoms with Crippen LogP contribution < -0.4 is 5.32 Å². The first-order valence-corrected chi connectivity index (χ1v) is 15.2. The summed E-state index contributed by atoms with van der Waals surface area (Å²) in [5.74, 6) is -1.08. The van der Waals surface area contributed by atoms with Crippen molar-refractivity contribution in [2.45, 2.75) is 58.2 Å². The number of alkyl halides is 2. The van der Waals surface area contributed by atoms with E-state index >= 15 is 0 Å². The van der Waals surface area contributed by atoms with E-state index < -0.39 is 42.5 Å². The number of ether oxygens (including phenoxy) is 2. The average molecular weight is 667 g/mol. The molecule has 1 atom stereocenters. The molecule has 4 aromatic rings. The predicted molar refractivity (Wildman–Crippen MR) is 167 cm³/mol. The summed E-state index contributed by atoms with van der Waals surface area (Å²) in [7, 11) is 0. The van der Waals surface area contributed by atoms with Crippen molar-refractivity contribution >= 4 is 35.2 Å². The Kier molecular flexibility index (Phi) is 8.72. The van der Waals surface area contributed by atoms with Gasteiger partial charge >= 0.3 is 12.2 Å². The lowest BCUT2D eigenvalue weighted by molar-refractivity contribution is 0.00780. The van der Waals surface area contributed by atoms with E-state index in [-0.39, 0.29) is 36.1 Å². The number of fused-ring (bicyclic) bond motifs is 2. The lowest BCUT2D eigenvalue weighted by Gasteiger charge is -2.28. The standard InChI is InChI=1S/C33H33F3N6O6/c1-33(2,3)48-32(46)40(16-26(35)36)15-24-20(18-9-11-47-17-18)5-7-27(39-24)38-23-6-4-21(22-14-42(31(44)45)30(43)29(22)23)25-13-37-28-12-19(34)8-10-41(25)28/h4-8,10,12-13,18,26H,9,11,14-17H2,1-3H3,(H,38,39)(H,44,45)/t18-/m1/s1. The number of anilines is 2. The van der Waals surface area contributed by atoms with Crippen LogP contribution in [0.3, 0.4) is 0 Å². The number of pyridine rings is 2. The highest BCUT2D eigenvalue weighted by Crippen LogP contribution is 2.39. The lowest BCUT2D eigenvalue weighted by atomic mass is 9.96. The molecule has 12 nitrogen and oxygen atoms in total. The average Bonchev–Trinajstić information content (AvgIpc) is 3.76. The molecule has 0 bridgehead atoms. The number of amides is 3. The van der Waals surface area contributed by atoms with Crippen molar-refractivity contribution in [3.05, 3.63) is 77.0 Å². The lowest BCUT2D eigenvalue weighted by Crippen LogP contribution is -2.39. The van der Waals surface area contributed by atoms with Crippen LogP contribution >= 0.6 is 0 Å². The number of halogens is 3. The van der Waals surface area contributed by atoms with E-state index in [1.165, 1.54) is 24.5 Å². The van der Waals surface area contributed by atoms with Crippen LogP contribution in [0.5, 0.6) is 0 Å². The maximum absolute atomic E-state index is 13.8. The molecule has 2 N–H and O–H groups in total. The van der Waals surface area contributed by atoms with Gasteiger partial charge in [0.1, 0.15) is 22.9 Å². The predicted octanol–water partition coefficient (Wildman–Crippen LogP) is 6.42. The summed E-state index contributed by atoms with van der Waals surface area (Å²) in [6.45, 7) is 4.44. The first-order valence-electron chi connectivity index (χ1n) is 15.2. The van der Waals surface area contributed by atoms with Gasteiger partial charge in [-0.2, -0.15) is 0 Å². The highest BCUT2D eigenvalue weighted by atomic mass is 19.3. The van der Waals surface area contributed by atoms with Gasteiger partial charge in [0.2, 0.25) is 0 Å². The molecule has 6 rings (SSSR count). The molecule has 5 heterocycles. The van der Waals surface area contributed by atoms with Gasteiger partial charge in [-0.1, -0.05) is 12.1 Å². The van der Waals surface area contributed by atoms with Crippen LogP contribution in [0.15, 0.2) is 48.8 Å². The van der Waals surface area contributed by atoms with Crippen molar-refractivity contribution in [2.24, 2.45) is 0 Å². The molecule has 0 unspecified atom stereocenters. The zero-order valence-electron chi connectivity index (χ0n) is 26.4. The van der Waals surface area contributed by atoms with Crippen molar-refractivity contribution in [3.63, 3.8) is 0 Å². The molecule has 2 aliphatic rings. The number of carbonyl (C=O) groups excluding carboxylic acids is 2. The Balaban J connectivity index is 1.39. The third-order valence-electron chi connectivity index (χ3n) is 8.06. The number of nitrogens with zero attached hydrogens (tertiary/aromatic N) is 5. The molecule has 1 saturated heterocycles. The maximum atomic E-state index is 13.8. The summed E-state index contributed by atoms with van der Waals surface area (Å²) in [5, 5.41) is 12.9. The molecule has 3 amide bonds. The largest absolute Gasteiger partial charge is 0.465 e. The molecular weight excluding hydrogens is 633 g/mol. The molecule has 15 heteroatoms. The minimum atomic E-state index is -2.83. The fraction of sp³-hybridized carbons (Fsp3) is 0.364. The van der Waals surface area contributed by atoms with Gasteiger partial charge in [0, 0.05) is 30.4 Å². The topological polar surface area (TPSA) is 139 Å². The Morgan fingerprint density at radius 2 is 2.00 bits per heavy atom. The molecule has 252 valence electrons. The molecule has 3 aromatic heterocycles. The summed E-state index contributed by atoms with van der Waals surface area (Å²) in [6.07, 6.45) is -1.49. The van der Waals surface area contributed by atoms with Crippen LogP contribution in [0.2, 0.25) is 0 Å². The number of carbonyl (C=O) groups is 3. The Bertz CT molecular complexity index is 1900. The number of aromatic nitrogens is 3. The van der Waals surface area contributed by atoms with Crippen molar-refractivity contribution < 1.29 is 42.1 Å². The Morgan fingerprint density at radius 1 is 1.21 bits per heavy atom. The number of benzene rings is 1. The maximum Gasteiger partial charge on any atom is 0.414 e. The molecular formula is C33H33F3N6O6. The summed E-state index contributed by atoms with van der Waals surface area (Å²) >= 11 is 0. The van der Waals surface area contributed by atoms with Gasteiger partial charge in [-0.05, 0) is 56.5 Å². The van der Waals surface area contributed by atoms with Crippen LogP contribution in [-0.4, -0.2) is 79.2 Å². The van der Waals surface area contributed by atoms with Crippen LogP contribution in [0.1, 0.15) is 60.3 Å². The Hall–Kier alpha value is -5.18. The monoisotopic (exact) mass is 666 g/mol.